The predicted octanol–water partition coefficient (Wildman–Crippen LogP) is 2.59. The lowest BCUT2D eigenvalue weighted by molar-refractivity contribution is -0.729. The highest BCUT2D eigenvalue weighted by Gasteiger charge is 2.31. The quantitative estimate of drug-likeness (QED) is 0.560. The van der Waals surface area contributed by atoms with Crippen molar-refractivity contribution in [2.75, 3.05) is 36.0 Å². The molecule has 2 aromatic rings. The summed E-state index contributed by atoms with van der Waals surface area (Å²) in [5.74, 6) is -0.749. The first kappa shape index (κ1) is 18.0. The van der Waals surface area contributed by atoms with E-state index < -0.39 is 5.91 Å². The van der Waals surface area contributed by atoms with Gasteiger partial charge in [-0.2, -0.15) is 0 Å². The van der Waals surface area contributed by atoms with Crippen molar-refractivity contribution < 1.29 is 20.1 Å². The summed E-state index contributed by atoms with van der Waals surface area (Å²) in [6, 6.07) is 11.9. The molecule has 0 radical (unpaired) electrons. The van der Waals surface area contributed by atoms with Crippen LogP contribution in [-0.2, 0) is 0 Å². The third kappa shape index (κ3) is 3.56. The van der Waals surface area contributed by atoms with Gasteiger partial charge in [0.15, 0.2) is 0 Å². The van der Waals surface area contributed by atoms with E-state index in [-0.39, 0.29) is 21.9 Å². The molecule has 8 nitrogen and oxygen atoms in total. The zero-order chi connectivity index (χ0) is 18.7. The normalized spacial score (nSPS) is 14.2. The van der Waals surface area contributed by atoms with Crippen LogP contribution in [0.1, 0.15) is 10.4 Å². The van der Waals surface area contributed by atoms with Crippen LogP contribution < -0.4 is 15.3 Å². The highest BCUT2D eigenvalue weighted by Crippen LogP contribution is 2.33. The number of para-hydroxylation sites is 1. The van der Waals surface area contributed by atoms with E-state index in [0.717, 1.165) is 5.69 Å². The number of nitrogens with zero attached hydrogens (tertiary/aromatic N) is 3. The van der Waals surface area contributed by atoms with Crippen LogP contribution >= 0.6 is 11.6 Å². The van der Waals surface area contributed by atoms with E-state index in [2.05, 4.69) is 4.90 Å². The lowest BCUT2D eigenvalue weighted by atomic mass is 10.1. The van der Waals surface area contributed by atoms with Gasteiger partial charge in [-0.05, 0) is 24.3 Å². The molecule has 0 spiro atoms. The van der Waals surface area contributed by atoms with Crippen molar-refractivity contribution in [2.24, 2.45) is 0 Å². The fourth-order valence-electron chi connectivity index (χ4n) is 3.12. The van der Waals surface area contributed by atoms with Gasteiger partial charge in [-0.25, -0.2) is 10.7 Å². The van der Waals surface area contributed by atoms with E-state index in [9.17, 15) is 14.9 Å². The zero-order valence-corrected chi connectivity index (χ0v) is 14.6. The number of halogens is 1. The molecule has 0 saturated carbocycles. The average molecular weight is 378 g/mol. The number of nitrogens with one attached hydrogen (secondary N) is 1. The van der Waals surface area contributed by atoms with Crippen molar-refractivity contribution >= 4 is 34.6 Å². The molecule has 0 atom stereocenters. The number of carbonyl (C=O) groups is 1. The third-order valence-electron chi connectivity index (χ3n) is 4.34. The number of anilines is 2. The molecule has 2 aromatic carbocycles. The fraction of sp³-hybridized carbons (Fsp3) is 0.235. The van der Waals surface area contributed by atoms with E-state index in [1.807, 2.05) is 23.1 Å². The summed E-state index contributed by atoms with van der Waals surface area (Å²) in [5, 5.41) is 19.0. The van der Waals surface area contributed by atoms with E-state index in [1.165, 1.54) is 18.2 Å². The topological polar surface area (TPSA) is 96.1 Å². The first-order valence-corrected chi connectivity index (χ1v) is 8.38. The number of amides is 1. The lowest BCUT2D eigenvalue weighted by Gasteiger charge is -2.37. The van der Waals surface area contributed by atoms with Crippen molar-refractivity contribution in [2.45, 2.75) is 0 Å². The third-order valence-corrected chi connectivity index (χ3v) is 4.57. The summed E-state index contributed by atoms with van der Waals surface area (Å²) in [6.45, 7) is 2.31. The maximum atomic E-state index is 12.0. The molecule has 136 valence electrons. The highest BCUT2D eigenvalue weighted by atomic mass is 35.5. The van der Waals surface area contributed by atoms with Gasteiger partial charge in [0, 0.05) is 43.0 Å². The minimum absolute atomic E-state index is 0.0534. The number of rotatable bonds is 4. The maximum Gasteiger partial charge on any atom is 0.340 e. The molecule has 1 fully saturated rings. The molecular formula is C17H18ClN4O4+. The van der Waals surface area contributed by atoms with Gasteiger partial charge in [0.25, 0.3) is 10.8 Å². The second kappa shape index (κ2) is 7.59. The van der Waals surface area contributed by atoms with Crippen molar-refractivity contribution in [3.63, 3.8) is 0 Å². The molecule has 1 aliphatic rings. The molecule has 1 aliphatic heterocycles. The number of piperazine rings is 1. The van der Waals surface area contributed by atoms with Gasteiger partial charge in [0.05, 0.1) is 10.5 Å². The Kier molecular flexibility index (Phi) is 5.24. The summed E-state index contributed by atoms with van der Waals surface area (Å²) in [6.07, 6.45) is 0. The lowest BCUT2D eigenvalue weighted by Crippen LogP contribution is -2.47. The molecule has 0 aliphatic carbocycles. The summed E-state index contributed by atoms with van der Waals surface area (Å²) in [5.41, 5.74) is 2.90. The van der Waals surface area contributed by atoms with Crippen LogP contribution in [0, 0.1) is 4.91 Å². The van der Waals surface area contributed by atoms with Crippen molar-refractivity contribution in [1.29, 1.82) is 0 Å². The smallest absolute Gasteiger partial charge is 0.340 e. The van der Waals surface area contributed by atoms with Crippen LogP contribution in [0.4, 0.5) is 17.1 Å². The molecule has 1 amide bonds. The molecule has 9 heteroatoms. The molecule has 3 rings (SSSR count). The summed E-state index contributed by atoms with van der Waals surface area (Å²) in [4.78, 5) is 27.2. The molecule has 1 heterocycles. The molecule has 0 aromatic heterocycles. The number of hydrogen-bond donors (Lipinski definition) is 3. The van der Waals surface area contributed by atoms with Crippen LogP contribution in [0.25, 0.3) is 0 Å². The summed E-state index contributed by atoms with van der Waals surface area (Å²) >= 11 is 6.04. The van der Waals surface area contributed by atoms with Gasteiger partial charge < -0.3 is 9.80 Å². The van der Waals surface area contributed by atoms with Gasteiger partial charge in [-0.1, -0.05) is 23.7 Å². The molecule has 3 N–H and O–H groups in total. The van der Waals surface area contributed by atoms with Crippen LogP contribution in [-0.4, -0.2) is 47.4 Å². The second-order valence-electron chi connectivity index (χ2n) is 5.84. The van der Waals surface area contributed by atoms with Crippen molar-refractivity contribution in [3.8, 4) is 0 Å². The number of hydroxylamine groups is 1. The molecule has 26 heavy (non-hydrogen) atoms. The Morgan fingerprint density at radius 3 is 2.35 bits per heavy atom. The standard InChI is InChI=1S/C17H17ClN4O4/c18-12-3-1-4-13(11-12)20-7-9-21(10-8-20)16-14(17(23)19-24)5-2-6-15(16)22(25)26/h1-6,11H,7-10H2,(H2-,19,23,24,25,26)/p+1. The van der Waals surface area contributed by atoms with E-state index in [1.54, 1.807) is 11.5 Å². The van der Waals surface area contributed by atoms with E-state index in [4.69, 9.17) is 16.8 Å². The minimum atomic E-state index is -0.749. The first-order chi connectivity index (χ1) is 12.5. The molecule has 0 unspecified atom stereocenters. The Balaban J connectivity index is 1.87. The predicted molar refractivity (Wildman–Crippen MR) is 96.6 cm³/mol. The van der Waals surface area contributed by atoms with Crippen LogP contribution in [0.2, 0.25) is 5.02 Å². The van der Waals surface area contributed by atoms with Crippen molar-refractivity contribution in [1.82, 2.24) is 5.48 Å². The van der Waals surface area contributed by atoms with Gasteiger partial charge in [0.1, 0.15) is 5.69 Å². The van der Waals surface area contributed by atoms with Crippen LogP contribution in [0.3, 0.4) is 0 Å². The van der Waals surface area contributed by atoms with Gasteiger partial charge in [0.2, 0.25) is 0 Å². The van der Waals surface area contributed by atoms with Gasteiger partial charge >= 0.3 is 5.69 Å². The Hall–Kier alpha value is -2.84. The average Bonchev–Trinajstić information content (AvgIpc) is 2.67. The minimum Gasteiger partial charge on any atom is -0.368 e. The SMILES string of the molecule is O=C(NO)c1cccc([N+](=O)O)c1N1CCN(c2cccc(Cl)c2)CC1. The fourth-order valence-corrected chi connectivity index (χ4v) is 3.31. The van der Waals surface area contributed by atoms with Crippen molar-refractivity contribution in [3.05, 3.63) is 58.0 Å². The monoisotopic (exact) mass is 377 g/mol. The number of benzene rings is 2. The second-order valence-corrected chi connectivity index (χ2v) is 6.28. The number of hydrogen-bond acceptors (Lipinski definition) is 5. The summed E-state index contributed by atoms with van der Waals surface area (Å²) in [7, 11) is 0. The molecule has 1 saturated heterocycles. The van der Waals surface area contributed by atoms with E-state index >= 15 is 0 Å². The zero-order valence-electron chi connectivity index (χ0n) is 13.8. The summed E-state index contributed by atoms with van der Waals surface area (Å²) < 4.78 is 0. The molecular weight excluding hydrogens is 360 g/mol. The van der Waals surface area contributed by atoms with Gasteiger partial charge in [-0.3, -0.25) is 10.0 Å². The van der Waals surface area contributed by atoms with Gasteiger partial charge in [-0.15, -0.1) is 0 Å². The Morgan fingerprint density at radius 2 is 1.73 bits per heavy atom. The maximum absolute atomic E-state index is 12.0. The van der Waals surface area contributed by atoms with Crippen LogP contribution in [0.5, 0.6) is 0 Å². The highest BCUT2D eigenvalue weighted by molar-refractivity contribution is 6.30. The Morgan fingerprint density at radius 1 is 1.08 bits per heavy atom. The molecule has 0 bridgehead atoms. The first-order valence-electron chi connectivity index (χ1n) is 8.00. The Labute approximate surface area is 154 Å². The van der Waals surface area contributed by atoms with E-state index in [0.29, 0.717) is 31.2 Å². The number of carbonyl (C=O) groups excluding carboxylic acids is 1. The van der Waals surface area contributed by atoms with Crippen LogP contribution in [0.15, 0.2) is 42.5 Å². The Bertz CT molecular complexity index is 837. The largest absolute Gasteiger partial charge is 0.368 e.